The molecule has 3 heteroatoms. The molecule has 0 radical (unpaired) electrons. The third-order valence-corrected chi connectivity index (χ3v) is 3.17. The van der Waals surface area contributed by atoms with E-state index in [0.717, 1.165) is 0 Å². The standard InChI is InChI=1S/C4H8FI2/c5-4-7-3-1-2-6/h1-4H2/q-1. The van der Waals surface area contributed by atoms with E-state index in [0.29, 0.717) is 0 Å². The van der Waals surface area contributed by atoms with Crippen molar-refractivity contribution >= 4 is 22.6 Å². The van der Waals surface area contributed by atoms with E-state index in [-0.39, 0.29) is 25.9 Å². The molecule has 0 rings (SSSR count). The zero-order valence-corrected chi connectivity index (χ0v) is 8.28. The van der Waals surface area contributed by atoms with Gasteiger partial charge in [0.2, 0.25) is 0 Å². The SMILES string of the molecule is FC[I-]CCCI. The average Bonchev–Trinajstić information content (AvgIpc) is 1.69. The molecule has 0 heterocycles. The van der Waals surface area contributed by atoms with Crippen LogP contribution in [0.2, 0.25) is 0 Å². The number of alkyl halides is 4. The summed E-state index contributed by atoms with van der Waals surface area (Å²) in [4.78, 5) is 0. The third-order valence-electron chi connectivity index (χ3n) is 0.472. The van der Waals surface area contributed by atoms with Crippen LogP contribution < -0.4 is 21.2 Å². The summed E-state index contributed by atoms with van der Waals surface area (Å²) in [5, 5.41) is 0. The second kappa shape index (κ2) is 7.39. The van der Waals surface area contributed by atoms with Crippen molar-refractivity contribution in [3.63, 3.8) is 0 Å². The summed E-state index contributed by atoms with van der Waals surface area (Å²) >= 11 is 2.27. The number of halogens is 3. The molecule has 0 aliphatic heterocycles. The van der Waals surface area contributed by atoms with Crippen LogP contribution in [0.1, 0.15) is 6.42 Å². The minimum atomic E-state index is -0.0499. The summed E-state index contributed by atoms with van der Waals surface area (Å²) < 4.78 is 13.7. The Morgan fingerprint density at radius 3 is 2.71 bits per heavy atom. The van der Waals surface area contributed by atoms with E-state index in [9.17, 15) is 4.39 Å². The van der Waals surface area contributed by atoms with Gasteiger partial charge in [-0.3, -0.25) is 0 Å². The van der Waals surface area contributed by atoms with Gasteiger partial charge in [-0.1, -0.05) is 0 Å². The Balaban J connectivity index is 2.45. The quantitative estimate of drug-likeness (QED) is 0.346. The fourth-order valence-electron chi connectivity index (χ4n) is 0.196. The zero-order valence-electron chi connectivity index (χ0n) is 3.96. The summed E-state index contributed by atoms with van der Waals surface area (Å²) in [5.74, 6) is 0. The van der Waals surface area contributed by atoms with E-state index >= 15 is 0 Å². The van der Waals surface area contributed by atoms with Gasteiger partial charge in [-0.05, 0) is 0 Å². The van der Waals surface area contributed by atoms with Crippen LogP contribution in [0.3, 0.4) is 0 Å². The topological polar surface area (TPSA) is 0 Å². The van der Waals surface area contributed by atoms with E-state index in [4.69, 9.17) is 0 Å². The molecule has 0 nitrogen and oxygen atoms in total. The monoisotopic (exact) mass is 329 g/mol. The van der Waals surface area contributed by atoms with Gasteiger partial charge in [0.1, 0.15) is 0 Å². The average molecular weight is 329 g/mol. The van der Waals surface area contributed by atoms with Gasteiger partial charge in [0, 0.05) is 0 Å². The fourth-order valence-corrected chi connectivity index (χ4v) is 3.25. The molecule has 0 aromatic heterocycles. The van der Waals surface area contributed by atoms with Gasteiger partial charge in [0.25, 0.3) is 0 Å². The van der Waals surface area contributed by atoms with E-state index in [1.165, 1.54) is 15.3 Å². The maximum absolute atomic E-state index is 11.4. The van der Waals surface area contributed by atoms with E-state index in [1.807, 2.05) is 0 Å². The predicted octanol–water partition coefficient (Wildman–Crippen LogP) is -1.17. The minimum absolute atomic E-state index is 0.0322. The molecule has 0 bridgehead atoms. The van der Waals surface area contributed by atoms with Crippen LogP contribution in [0.15, 0.2) is 0 Å². The van der Waals surface area contributed by atoms with Crippen LogP contribution in [-0.4, -0.2) is 13.5 Å². The van der Waals surface area contributed by atoms with Crippen LogP contribution in [-0.2, 0) is 0 Å². The predicted molar refractivity (Wildman–Crippen MR) is 34.3 cm³/mol. The molecule has 0 fully saturated rings. The molecule has 0 N–H and O–H groups in total. The van der Waals surface area contributed by atoms with E-state index < -0.39 is 0 Å². The van der Waals surface area contributed by atoms with Crippen molar-refractivity contribution < 1.29 is 25.6 Å². The van der Waals surface area contributed by atoms with Crippen molar-refractivity contribution in [3.8, 4) is 0 Å². The Bertz CT molecular complexity index is 28.9. The molecule has 0 aromatic rings. The van der Waals surface area contributed by atoms with Gasteiger partial charge in [0.05, 0.1) is 0 Å². The number of hydrogen-bond acceptors (Lipinski definition) is 0. The van der Waals surface area contributed by atoms with Crippen molar-refractivity contribution in [1.82, 2.24) is 0 Å². The fraction of sp³-hybridized carbons (Fsp3) is 1.00. The van der Waals surface area contributed by atoms with Crippen LogP contribution in [0, 0.1) is 0 Å². The number of hydrogen-bond donors (Lipinski definition) is 0. The van der Waals surface area contributed by atoms with Gasteiger partial charge in [-0.15, -0.1) is 0 Å². The van der Waals surface area contributed by atoms with Crippen LogP contribution in [0.4, 0.5) is 4.39 Å². The third kappa shape index (κ3) is 7.39. The molecular formula is C4H8FI2-. The zero-order chi connectivity index (χ0) is 5.54. The van der Waals surface area contributed by atoms with E-state index in [1.54, 1.807) is 0 Å². The molecular weight excluding hydrogens is 321 g/mol. The van der Waals surface area contributed by atoms with E-state index in [2.05, 4.69) is 22.6 Å². The van der Waals surface area contributed by atoms with Gasteiger partial charge in [-0.2, -0.15) is 0 Å². The molecule has 0 aliphatic rings. The molecule has 0 amide bonds. The first-order valence-electron chi connectivity index (χ1n) is 2.07. The molecule has 0 unspecified atom stereocenters. The van der Waals surface area contributed by atoms with Gasteiger partial charge in [0.15, 0.2) is 0 Å². The Labute approximate surface area is 67.6 Å². The van der Waals surface area contributed by atoms with Gasteiger partial charge >= 0.3 is 68.1 Å². The van der Waals surface area contributed by atoms with Crippen molar-refractivity contribution in [3.05, 3.63) is 0 Å². The summed E-state index contributed by atoms with van der Waals surface area (Å²) in [5.41, 5.74) is 0. The summed E-state index contributed by atoms with van der Waals surface area (Å²) in [6, 6.07) is 0. The first-order chi connectivity index (χ1) is 3.41. The first kappa shape index (κ1) is 8.39. The Hall–Kier alpha value is 1.39. The molecule has 0 aliphatic carbocycles. The van der Waals surface area contributed by atoms with Gasteiger partial charge in [-0.25, -0.2) is 0 Å². The molecule has 7 heavy (non-hydrogen) atoms. The molecule has 46 valence electrons. The molecule has 0 saturated carbocycles. The molecule has 0 atom stereocenters. The van der Waals surface area contributed by atoms with Crippen molar-refractivity contribution in [1.29, 1.82) is 0 Å². The van der Waals surface area contributed by atoms with Gasteiger partial charge < -0.3 is 0 Å². The van der Waals surface area contributed by atoms with Crippen LogP contribution in [0.25, 0.3) is 0 Å². The normalized spacial score (nSPS) is 10.0. The van der Waals surface area contributed by atoms with Crippen LogP contribution >= 0.6 is 22.6 Å². The maximum atomic E-state index is 11.4. The molecule has 0 spiro atoms. The number of rotatable bonds is 4. The summed E-state index contributed by atoms with van der Waals surface area (Å²) in [7, 11) is 0. The summed E-state index contributed by atoms with van der Waals surface area (Å²) in [6.07, 6.45) is 1.22. The second-order valence-corrected chi connectivity index (χ2v) is 4.83. The molecule has 0 aromatic carbocycles. The molecule has 0 saturated heterocycles. The first-order valence-corrected chi connectivity index (χ1v) is 6.65. The Morgan fingerprint density at radius 1 is 1.57 bits per heavy atom. The van der Waals surface area contributed by atoms with Crippen molar-refractivity contribution in [2.75, 3.05) is 13.5 Å². The summed E-state index contributed by atoms with van der Waals surface area (Å²) in [6.45, 7) is 0. The van der Waals surface area contributed by atoms with Crippen molar-refractivity contribution in [2.24, 2.45) is 0 Å². The Kier molecular flexibility index (Phi) is 8.86. The van der Waals surface area contributed by atoms with Crippen molar-refractivity contribution in [2.45, 2.75) is 6.42 Å². The second-order valence-electron chi connectivity index (χ2n) is 1.02. The van der Waals surface area contributed by atoms with Crippen LogP contribution in [0.5, 0.6) is 0 Å². The Morgan fingerprint density at radius 2 is 2.29 bits per heavy atom.